The van der Waals surface area contributed by atoms with Crippen molar-refractivity contribution in [2.75, 3.05) is 13.7 Å². The summed E-state index contributed by atoms with van der Waals surface area (Å²) in [6.07, 6.45) is 2.45. The van der Waals surface area contributed by atoms with E-state index in [0.29, 0.717) is 25.3 Å². The van der Waals surface area contributed by atoms with Gasteiger partial charge in [0.2, 0.25) is 5.91 Å². The lowest BCUT2D eigenvalue weighted by Gasteiger charge is -2.12. The molecule has 0 aliphatic carbocycles. The van der Waals surface area contributed by atoms with E-state index in [-0.39, 0.29) is 5.91 Å². The predicted molar refractivity (Wildman–Crippen MR) is 103 cm³/mol. The maximum atomic E-state index is 12.1. The second-order valence-corrected chi connectivity index (χ2v) is 6.69. The summed E-state index contributed by atoms with van der Waals surface area (Å²) in [6, 6.07) is 13.5. The van der Waals surface area contributed by atoms with E-state index in [1.54, 1.807) is 7.11 Å². The molecule has 4 nitrogen and oxygen atoms in total. The molecule has 2 aromatic rings. The highest BCUT2D eigenvalue weighted by Gasteiger charge is 2.08. The monoisotopic (exact) mass is 405 g/mol. The zero-order chi connectivity index (χ0) is 18.1. The van der Waals surface area contributed by atoms with Gasteiger partial charge in [-0.3, -0.25) is 4.79 Å². The second-order valence-electron chi connectivity index (χ2n) is 5.77. The Hall–Kier alpha value is -2.01. The van der Waals surface area contributed by atoms with Gasteiger partial charge in [0.25, 0.3) is 0 Å². The lowest BCUT2D eigenvalue weighted by Crippen LogP contribution is -2.24. The first-order valence-electron chi connectivity index (χ1n) is 8.43. The molecule has 0 heterocycles. The maximum absolute atomic E-state index is 12.1. The van der Waals surface area contributed by atoms with Crippen LogP contribution in [-0.2, 0) is 17.8 Å². The summed E-state index contributed by atoms with van der Waals surface area (Å²) in [7, 11) is 1.62. The number of halogens is 1. The van der Waals surface area contributed by atoms with Gasteiger partial charge >= 0.3 is 0 Å². The van der Waals surface area contributed by atoms with E-state index < -0.39 is 0 Å². The molecule has 0 aromatic heterocycles. The van der Waals surface area contributed by atoms with Crippen LogP contribution in [0.3, 0.4) is 0 Å². The van der Waals surface area contributed by atoms with Crippen molar-refractivity contribution in [1.82, 2.24) is 5.32 Å². The van der Waals surface area contributed by atoms with Crippen molar-refractivity contribution >= 4 is 21.8 Å². The van der Waals surface area contributed by atoms with Gasteiger partial charge in [-0.25, -0.2) is 0 Å². The summed E-state index contributed by atoms with van der Waals surface area (Å²) in [4.78, 5) is 12.1. The standard InChI is InChI=1S/C20H24BrNO3/c1-3-4-10-25-18-9-8-16(12-19(18)24-2)14-22-20(23)13-15-6-5-7-17(21)11-15/h5-9,11-12H,3-4,10,13-14H2,1-2H3,(H,22,23). The van der Waals surface area contributed by atoms with E-state index in [0.717, 1.165) is 34.2 Å². The number of carbonyl (C=O) groups is 1. The Balaban J connectivity index is 1.90. The summed E-state index contributed by atoms with van der Waals surface area (Å²) in [6.45, 7) is 3.26. The summed E-state index contributed by atoms with van der Waals surface area (Å²) >= 11 is 3.42. The molecule has 25 heavy (non-hydrogen) atoms. The summed E-state index contributed by atoms with van der Waals surface area (Å²) < 4.78 is 12.1. The van der Waals surface area contributed by atoms with Crippen LogP contribution < -0.4 is 14.8 Å². The number of nitrogens with one attached hydrogen (secondary N) is 1. The minimum atomic E-state index is -0.0136. The first-order chi connectivity index (χ1) is 12.1. The van der Waals surface area contributed by atoms with Gasteiger partial charge in [-0.15, -0.1) is 0 Å². The van der Waals surface area contributed by atoms with Gasteiger partial charge in [0.15, 0.2) is 11.5 Å². The van der Waals surface area contributed by atoms with E-state index in [2.05, 4.69) is 28.2 Å². The van der Waals surface area contributed by atoms with Crippen LogP contribution in [0.4, 0.5) is 0 Å². The van der Waals surface area contributed by atoms with Crippen molar-refractivity contribution in [2.24, 2.45) is 0 Å². The third-order valence-corrected chi connectivity index (χ3v) is 4.22. The minimum absolute atomic E-state index is 0.0136. The summed E-state index contributed by atoms with van der Waals surface area (Å²) in [5.41, 5.74) is 1.95. The minimum Gasteiger partial charge on any atom is -0.493 e. The first-order valence-corrected chi connectivity index (χ1v) is 9.22. The molecule has 0 unspecified atom stereocenters. The Kier molecular flexibility index (Phi) is 7.79. The number of methoxy groups -OCH3 is 1. The number of rotatable bonds is 9. The van der Waals surface area contributed by atoms with E-state index in [4.69, 9.17) is 9.47 Å². The molecule has 0 fully saturated rings. The number of hydrogen-bond donors (Lipinski definition) is 1. The Morgan fingerprint density at radius 2 is 1.96 bits per heavy atom. The summed E-state index contributed by atoms with van der Waals surface area (Å²) in [5.74, 6) is 1.41. The molecule has 0 saturated carbocycles. The predicted octanol–water partition coefficient (Wildman–Crippen LogP) is 4.50. The van der Waals surface area contributed by atoms with E-state index >= 15 is 0 Å². The fourth-order valence-electron chi connectivity index (χ4n) is 2.36. The molecule has 2 rings (SSSR count). The number of ether oxygens (including phenoxy) is 2. The zero-order valence-electron chi connectivity index (χ0n) is 14.7. The number of hydrogen-bond acceptors (Lipinski definition) is 3. The topological polar surface area (TPSA) is 47.6 Å². The van der Waals surface area contributed by atoms with Crippen LogP contribution in [0.5, 0.6) is 11.5 Å². The van der Waals surface area contributed by atoms with Gasteiger partial charge in [-0.1, -0.05) is 47.5 Å². The maximum Gasteiger partial charge on any atom is 0.224 e. The third-order valence-electron chi connectivity index (χ3n) is 3.73. The molecular weight excluding hydrogens is 382 g/mol. The highest BCUT2D eigenvalue weighted by atomic mass is 79.9. The van der Waals surface area contributed by atoms with Crippen LogP contribution >= 0.6 is 15.9 Å². The highest BCUT2D eigenvalue weighted by molar-refractivity contribution is 9.10. The van der Waals surface area contributed by atoms with Crippen molar-refractivity contribution in [3.63, 3.8) is 0 Å². The molecule has 5 heteroatoms. The van der Waals surface area contributed by atoms with Gasteiger partial charge < -0.3 is 14.8 Å². The molecule has 0 aliphatic heterocycles. The molecule has 134 valence electrons. The average Bonchev–Trinajstić information content (AvgIpc) is 2.61. The van der Waals surface area contributed by atoms with Crippen LogP contribution in [0.15, 0.2) is 46.9 Å². The molecule has 1 amide bonds. The van der Waals surface area contributed by atoms with Crippen molar-refractivity contribution in [2.45, 2.75) is 32.7 Å². The van der Waals surface area contributed by atoms with Gasteiger partial charge in [0.05, 0.1) is 20.1 Å². The third kappa shape index (κ3) is 6.42. The van der Waals surface area contributed by atoms with E-state index in [1.807, 2.05) is 42.5 Å². The smallest absolute Gasteiger partial charge is 0.224 e. The SMILES string of the molecule is CCCCOc1ccc(CNC(=O)Cc2cccc(Br)c2)cc1OC. The van der Waals surface area contributed by atoms with Gasteiger partial charge in [0, 0.05) is 11.0 Å². The molecule has 0 bridgehead atoms. The van der Waals surface area contributed by atoms with Gasteiger partial charge in [-0.2, -0.15) is 0 Å². The quantitative estimate of drug-likeness (QED) is 0.624. The molecule has 0 saturated heterocycles. The van der Waals surface area contributed by atoms with Crippen molar-refractivity contribution < 1.29 is 14.3 Å². The fourth-order valence-corrected chi connectivity index (χ4v) is 2.81. The number of amides is 1. The van der Waals surface area contributed by atoms with E-state index in [9.17, 15) is 4.79 Å². The largest absolute Gasteiger partial charge is 0.493 e. The Morgan fingerprint density at radius 3 is 2.68 bits per heavy atom. The van der Waals surface area contributed by atoms with Gasteiger partial charge in [-0.05, 0) is 41.8 Å². The van der Waals surface area contributed by atoms with Crippen LogP contribution in [0.1, 0.15) is 30.9 Å². The highest BCUT2D eigenvalue weighted by Crippen LogP contribution is 2.28. The molecular formula is C20H24BrNO3. The fraction of sp³-hybridized carbons (Fsp3) is 0.350. The van der Waals surface area contributed by atoms with Crippen LogP contribution in [0.2, 0.25) is 0 Å². The van der Waals surface area contributed by atoms with E-state index in [1.165, 1.54) is 0 Å². The molecule has 2 aromatic carbocycles. The van der Waals surface area contributed by atoms with Gasteiger partial charge in [0.1, 0.15) is 0 Å². The Labute approximate surface area is 157 Å². The Morgan fingerprint density at radius 1 is 1.12 bits per heavy atom. The average molecular weight is 406 g/mol. The van der Waals surface area contributed by atoms with Crippen LogP contribution in [0, 0.1) is 0 Å². The second kappa shape index (κ2) is 10.1. The number of carbonyl (C=O) groups excluding carboxylic acids is 1. The van der Waals surface area contributed by atoms with Crippen molar-refractivity contribution in [3.8, 4) is 11.5 Å². The molecule has 0 radical (unpaired) electrons. The summed E-state index contributed by atoms with van der Waals surface area (Å²) in [5, 5.41) is 2.94. The van der Waals surface area contributed by atoms with Crippen LogP contribution in [0.25, 0.3) is 0 Å². The normalized spacial score (nSPS) is 10.4. The molecule has 0 aliphatic rings. The molecule has 1 N–H and O–H groups in total. The number of unbranched alkanes of at least 4 members (excludes halogenated alkanes) is 1. The number of benzene rings is 2. The zero-order valence-corrected chi connectivity index (χ0v) is 16.3. The first kappa shape index (κ1) is 19.3. The molecule has 0 atom stereocenters. The van der Waals surface area contributed by atoms with Crippen molar-refractivity contribution in [3.05, 3.63) is 58.1 Å². The van der Waals surface area contributed by atoms with Crippen molar-refractivity contribution in [1.29, 1.82) is 0 Å². The lowest BCUT2D eigenvalue weighted by molar-refractivity contribution is -0.120. The lowest BCUT2D eigenvalue weighted by atomic mass is 10.1. The Bertz CT molecular complexity index is 703. The van der Waals surface area contributed by atoms with Crippen LogP contribution in [-0.4, -0.2) is 19.6 Å². The molecule has 0 spiro atoms.